The van der Waals surface area contributed by atoms with Gasteiger partial charge in [0.25, 0.3) is 0 Å². The Hall–Kier alpha value is -0.890. The van der Waals surface area contributed by atoms with Crippen molar-refractivity contribution >= 4 is 0 Å². The summed E-state index contributed by atoms with van der Waals surface area (Å²) in [5.74, 6) is 0. The van der Waals surface area contributed by atoms with Gasteiger partial charge in [-0.15, -0.1) is 0 Å². The quantitative estimate of drug-likeness (QED) is 0.673. The van der Waals surface area contributed by atoms with Crippen LogP contribution in [0.2, 0.25) is 0 Å². The number of hydrogen-bond acceptors (Lipinski definition) is 1. The Kier molecular flexibility index (Phi) is 2.93. The highest BCUT2D eigenvalue weighted by Crippen LogP contribution is 2.12. The van der Waals surface area contributed by atoms with Crippen molar-refractivity contribution in [2.45, 2.75) is 31.7 Å². The number of hydrogen-bond donors (Lipinski definition) is 0. The minimum absolute atomic E-state index is 0.531. The van der Waals surface area contributed by atoms with E-state index in [0.29, 0.717) is 6.04 Å². The number of rotatable bonds is 2. The zero-order valence-electron chi connectivity index (χ0n) is 7.82. The normalized spacial score (nSPS) is 22.9. The van der Waals surface area contributed by atoms with Crippen LogP contribution < -0.4 is 5.32 Å². The molecule has 1 fully saturated rings. The predicted octanol–water partition coefficient (Wildman–Crippen LogP) is 1.78. The van der Waals surface area contributed by atoms with E-state index < -0.39 is 0 Å². The molecule has 0 amide bonds. The van der Waals surface area contributed by atoms with Crippen LogP contribution in [0.25, 0.3) is 0 Å². The summed E-state index contributed by atoms with van der Waals surface area (Å²) in [5, 5.41) is 4.58. The fraction of sp³-hybridized carbons (Fsp3) is 0.545. The largest absolute Gasteiger partial charge is 0.261 e. The molecule has 2 heteroatoms. The van der Waals surface area contributed by atoms with Crippen molar-refractivity contribution in [2.24, 2.45) is 0 Å². The molecule has 1 saturated heterocycles. The molecule has 0 spiro atoms. The fourth-order valence-electron chi connectivity index (χ4n) is 1.78. The molecule has 13 heavy (non-hydrogen) atoms. The van der Waals surface area contributed by atoms with Crippen LogP contribution in [0.3, 0.4) is 0 Å². The third-order valence-corrected chi connectivity index (χ3v) is 2.50. The van der Waals surface area contributed by atoms with Crippen molar-refractivity contribution in [1.29, 1.82) is 0 Å². The van der Waals surface area contributed by atoms with Crippen LogP contribution in [0.5, 0.6) is 0 Å². The van der Waals surface area contributed by atoms with Crippen LogP contribution in [0.15, 0.2) is 24.4 Å². The zero-order chi connectivity index (χ0) is 8.93. The van der Waals surface area contributed by atoms with Crippen molar-refractivity contribution in [2.75, 3.05) is 6.54 Å². The summed E-state index contributed by atoms with van der Waals surface area (Å²) in [6.45, 7) is 1.05. The maximum absolute atomic E-state index is 4.58. The lowest BCUT2D eigenvalue weighted by molar-refractivity contribution is 0.389. The molecule has 0 bridgehead atoms. The SMILES string of the molecule is c1ccc(CC2CCCC[N]2)nc1. The maximum Gasteiger partial charge on any atom is 0.0419 e. The monoisotopic (exact) mass is 175 g/mol. The van der Waals surface area contributed by atoms with Crippen LogP contribution in [-0.4, -0.2) is 17.6 Å². The molecule has 0 saturated carbocycles. The van der Waals surface area contributed by atoms with Gasteiger partial charge in [0.15, 0.2) is 0 Å². The lowest BCUT2D eigenvalue weighted by atomic mass is 10.0. The number of piperidine rings is 1. The summed E-state index contributed by atoms with van der Waals surface area (Å²) >= 11 is 0. The second-order valence-electron chi connectivity index (χ2n) is 3.58. The van der Waals surface area contributed by atoms with Crippen LogP contribution in [-0.2, 0) is 6.42 Å². The van der Waals surface area contributed by atoms with Gasteiger partial charge in [0.05, 0.1) is 0 Å². The summed E-state index contributed by atoms with van der Waals surface area (Å²) in [6, 6.07) is 6.63. The standard InChI is InChI=1S/C11H15N2/c1-3-7-12-10(5-1)9-11-6-2-4-8-13-11/h1,3,5,7,11H,2,4,6,8-9H2. The Morgan fingerprint density at radius 3 is 3.00 bits per heavy atom. The average Bonchev–Trinajstić information content (AvgIpc) is 2.21. The molecule has 69 valence electrons. The maximum atomic E-state index is 4.58. The summed E-state index contributed by atoms with van der Waals surface area (Å²) in [4.78, 5) is 4.31. The number of nitrogens with zero attached hydrogens (tertiary/aromatic N) is 2. The summed E-state index contributed by atoms with van der Waals surface area (Å²) in [7, 11) is 0. The van der Waals surface area contributed by atoms with Gasteiger partial charge < -0.3 is 0 Å². The second-order valence-corrected chi connectivity index (χ2v) is 3.58. The van der Waals surface area contributed by atoms with Crippen molar-refractivity contribution in [3.8, 4) is 0 Å². The molecule has 1 unspecified atom stereocenters. The van der Waals surface area contributed by atoms with Crippen LogP contribution in [0.4, 0.5) is 0 Å². The highest BCUT2D eigenvalue weighted by molar-refractivity contribution is 5.05. The minimum Gasteiger partial charge on any atom is -0.261 e. The lowest BCUT2D eigenvalue weighted by Crippen LogP contribution is -2.29. The molecular formula is C11H15N2. The molecular weight excluding hydrogens is 160 g/mol. The Morgan fingerprint density at radius 1 is 1.31 bits per heavy atom. The van der Waals surface area contributed by atoms with E-state index in [2.05, 4.69) is 16.4 Å². The van der Waals surface area contributed by atoms with Gasteiger partial charge in [-0.1, -0.05) is 12.5 Å². The molecule has 0 aromatic carbocycles. The third-order valence-electron chi connectivity index (χ3n) is 2.50. The van der Waals surface area contributed by atoms with E-state index in [0.717, 1.165) is 13.0 Å². The van der Waals surface area contributed by atoms with Gasteiger partial charge in [-0.3, -0.25) is 4.98 Å². The molecule has 1 atom stereocenters. The molecule has 0 aliphatic carbocycles. The molecule has 1 aromatic rings. The van der Waals surface area contributed by atoms with E-state index in [9.17, 15) is 0 Å². The molecule has 1 aromatic heterocycles. The van der Waals surface area contributed by atoms with E-state index in [1.54, 1.807) is 0 Å². The molecule has 2 heterocycles. The zero-order valence-corrected chi connectivity index (χ0v) is 7.82. The highest BCUT2D eigenvalue weighted by atomic mass is 14.9. The lowest BCUT2D eigenvalue weighted by Gasteiger charge is -2.20. The highest BCUT2D eigenvalue weighted by Gasteiger charge is 2.14. The Balaban J connectivity index is 1.90. The smallest absolute Gasteiger partial charge is 0.0419 e. The van der Waals surface area contributed by atoms with Gasteiger partial charge in [-0.2, -0.15) is 0 Å². The van der Waals surface area contributed by atoms with Crippen molar-refractivity contribution < 1.29 is 0 Å². The van der Waals surface area contributed by atoms with E-state index >= 15 is 0 Å². The molecule has 1 aliphatic rings. The molecule has 2 nitrogen and oxygen atoms in total. The number of pyridine rings is 1. The van der Waals surface area contributed by atoms with Crippen LogP contribution >= 0.6 is 0 Å². The van der Waals surface area contributed by atoms with Crippen LogP contribution in [0, 0.1) is 0 Å². The third kappa shape index (κ3) is 2.52. The first-order valence-corrected chi connectivity index (χ1v) is 5.01. The Morgan fingerprint density at radius 2 is 2.31 bits per heavy atom. The van der Waals surface area contributed by atoms with E-state index in [1.807, 2.05) is 18.3 Å². The first kappa shape index (κ1) is 8.70. The van der Waals surface area contributed by atoms with E-state index in [1.165, 1.54) is 25.0 Å². The minimum atomic E-state index is 0.531. The van der Waals surface area contributed by atoms with Gasteiger partial charge in [0.2, 0.25) is 0 Å². The number of aromatic nitrogens is 1. The van der Waals surface area contributed by atoms with Crippen molar-refractivity contribution in [3.63, 3.8) is 0 Å². The molecule has 0 N–H and O–H groups in total. The summed E-state index contributed by atoms with van der Waals surface area (Å²) in [6.07, 6.45) is 6.75. The van der Waals surface area contributed by atoms with Gasteiger partial charge in [0, 0.05) is 30.9 Å². The van der Waals surface area contributed by atoms with Crippen LogP contribution in [0.1, 0.15) is 25.0 Å². The van der Waals surface area contributed by atoms with E-state index in [4.69, 9.17) is 0 Å². The molecule has 1 radical (unpaired) electrons. The van der Waals surface area contributed by atoms with Crippen molar-refractivity contribution in [3.05, 3.63) is 30.1 Å². The molecule has 2 rings (SSSR count). The van der Waals surface area contributed by atoms with Gasteiger partial charge in [-0.25, -0.2) is 5.32 Å². The van der Waals surface area contributed by atoms with Gasteiger partial charge >= 0.3 is 0 Å². The Labute approximate surface area is 79.4 Å². The predicted molar refractivity (Wildman–Crippen MR) is 52.6 cm³/mol. The topological polar surface area (TPSA) is 27.0 Å². The first-order chi connectivity index (χ1) is 6.45. The van der Waals surface area contributed by atoms with Gasteiger partial charge in [-0.05, 0) is 25.0 Å². The Bertz CT molecular complexity index is 240. The summed E-state index contributed by atoms with van der Waals surface area (Å²) in [5.41, 5.74) is 1.18. The van der Waals surface area contributed by atoms with Crippen molar-refractivity contribution in [1.82, 2.24) is 10.3 Å². The second kappa shape index (κ2) is 4.38. The van der Waals surface area contributed by atoms with E-state index in [-0.39, 0.29) is 0 Å². The first-order valence-electron chi connectivity index (χ1n) is 5.01. The summed E-state index contributed by atoms with van der Waals surface area (Å²) < 4.78 is 0. The van der Waals surface area contributed by atoms with Gasteiger partial charge in [0.1, 0.15) is 0 Å². The fourth-order valence-corrected chi connectivity index (χ4v) is 1.78. The molecule has 1 aliphatic heterocycles. The average molecular weight is 175 g/mol.